The Bertz CT molecular complexity index is 1160. The number of hydrogen-bond donors (Lipinski definition) is 0. The maximum Gasteiger partial charge on any atom is 0.270 e. The summed E-state index contributed by atoms with van der Waals surface area (Å²) in [6.07, 6.45) is 0. The average Bonchev–Trinajstić information content (AvgIpc) is 3.33. The number of hydrogen-bond acceptors (Lipinski definition) is 7. The third kappa shape index (κ3) is 3.27. The Morgan fingerprint density at radius 2 is 2.04 bits per heavy atom. The molecule has 0 radical (unpaired) electrons. The number of non-ortho nitro benzene ring substituents is 1. The number of nitro benzene ring substituents is 1. The first-order valence-electron chi connectivity index (χ1n) is 8.40. The van der Waals surface area contributed by atoms with Crippen LogP contribution >= 0.6 is 11.3 Å². The van der Waals surface area contributed by atoms with Gasteiger partial charge in [0.1, 0.15) is 0 Å². The summed E-state index contributed by atoms with van der Waals surface area (Å²) in [5.74, 6) is 1.39. The largest absolute Gasteiger partial charge is 0.454 e. The van der Waals surface area contributed by atoms with Crippen LogP contribution in [-0.2, 0) is 0 Å². The van der Waals surface area contributed by atoms with E-state index >= 15 is 0 Å². The predicted octanol–water partition coefficient (Wildman–Crippen LogP) is 3.66. The molecule has 4 rings (SSSR count). The van der Waals surface area contributed by atoms with Gasteiger partial charge in [-0.2, -0.15) is 5.10 Å². The van der Waals surface area contributed by atoms with E-state index in [4.69, 9.17) is 14.6 Å². The fourth-order valence-corrected chi connectivity index (χ4v) is 3.65. The fraction of sp³-hybridized carbons (Fsp3) is 0.158. The molecule has 1 aromatic heterocycles. The highest BCUT2D eigenvalue weighted by Gasteiger charge is 2.15. The number of benzene rings is 2. The van der Waals surface area contributed by atoms with Gasteiger partial charge in [-0.1, -0.05) is 12.1 Å². The van der Waals surface area contributed by atoms with Crippen molar-refractivity contribution in [3.05, 3.63) is 68.3 Å². The molecular formula is C19H16N4O4S. The van der Waals surface area contributed by atoms with Gasteiger partial charge in [0, 0.05) is 35.7 Å². The van der Waals surface area contributed by atoms with Crippen LogP contribution in [0.15, 0.2) is 57.9 Å². The first kappa shape index (κ1) is 17.9. The molecule has 1 aliphatic rings. The van der Waals surface area contributed by atoms with Crippen molar-refractivity contribution >= 4 is 22.7 Å². The van der Waals surface area contributed by atoms with Crippen LogP contribution < -0.4 is 14.3 Å². The summed E-state index contributed by atoms with van der Waals surface area (Å²) >= 11 is 1.42. The molecule has 1 aliphatic heterocycles. The van der Waals surface area contributed by atoms with E-state index in [1.165, 1.54) is 23.5 Å². The van der Waals surface area contributed by atoms with Crippen LogP contribution in [0.5, 0.6) is 11.5 Å². The molecule has 142 valence electrons. The minimum Gasteiger partial charge on any atom is -0.454 e. The lowest BCUT2D eigenvalue weighted by Gasteiger charge is -2.07. The molecule has 0 N–H and O–H groups in total. The van der Waals surface area contributed by atoms with Gasteiger partial charge in [-0.3, -0.25) is 15.1 Å². The molecular weight excluding hydrogens is 380 g/mol. The molecule has 0 spiro atoms. The van der Waals surface area contributed by atoms with Gasteiger partial charge in [0.05, 0.1) is 16.3 Å². The van der Waals surface area contributed by atoms with Crippen molar-refractivity contribution in [2.75, 3.05) is 13.8 Å². The summed E-state index contributed by atoms with van der Waals surface area (Å²) < 4.78 is 12.5. The van der Waals surface area contributed by atoms with E-state index in [0.717, 1.165) is 17.0 Å². The van der Waals surface area contributed by atoms with Crippen LogP contribution in [0.1, 0.15) is 12.5 Å². The van der Waals surface area contributed by atoms with Gasteiger partial charge in [0.15, 0.2) is 11.5 Å². The van der Waals surface area contributed by atoms with Crippen LogP contribution in [-0.4, -0.2) is 29.2 Å². The summed E-state index contributed by atoms with van der Waals surface area (Å²) in [7, 11) is 1.69. The number of thiazole rings is 1. The van der Waals surface area contributed by atoms with Gasteiger partial charge in [-0.25, -0.2) is 4.68 Å². The molecule has 2 heterocycles. The zero-order valence-electron chi connectivity index (χ0n) is 15.2. The monoisotopic (exact) mass is 396 g/mol. The van der Waals surface area contributed by atoms with Gasteiger partial charge in [0.2, 0.25) is 11.6 Å². The fourth-order valence-electron chi connectivity index (χ4n) is 2.85. The number of aromatic nitrogens is 1. The van der Waals surface area contributed by atoms with Crippen molar-refractivity contribution < 1.29 is 14.4 Å². The molecule has 2 aromatic carbocycles. The normalized spacial score (nSPS) is 13.8. The van der Waals surface area contributed by atoms with Crippen LogP contribution in [0.25, 0.3) is 11.3 Å². The predicted molar refractivity (Wildman–Crippen MR) is 106 cm³/mol. The molecule has 0 fully saturated rings. The lowest BCUT2D eigenvalue weighted by atomic mass is 10.1. The quantitative estimate of drug-likeness (QED) is 0.382. The molecule has 0 unspecified atom stereocenters. The van der Waals surface area contributed by atoms with Crippen LogP contribution in [0.3, 0.4) is 0 Å². The van der Waals surface area contributed by atoms with Gasteiger partial charge in [-0.15, -0.1) is 11.3 Å². The van der Waals surface area contributed by atoms with Crippen molar-refractivity contribution in [2.24, 2.45) is 10.1 Å². The molecule has 3 aromatic rings. The minimum atomic E-state index is -0.410. The maximum absolute atomic E-state index is 11.1. The summed E-state index contributed by atoms with van der Waals surface area (Å²) in [5.41, 5.74) is 3.09. The van der Waals surface area contributed by atoms with Gasteiger partial charge in [-0.05, 0) is 25.1 Å². The SMILES string of the molecule is CN=c1scc(-c2cccc([N+](=O)[O-])c2)n1N=C(C)c1ccc2c(c1)OCO2. The molecule has 0 saturated heterocycles. The Balaban J connectivity index is 1.80. The Kier molecular flexibility index (Phi) is 4.66. The Morgan fingerprint density at radius 1 is 1.21 bits per heavy atom. The molecule has 9 heteroatoms. The van der Waals surface area contributed by atoms with E-state index in [1.54, 1.807) is 17.8 Å². The first-order valence-corrected chi connectivity index (χ1v) is 9.28. The second kappa shape index (κ2) is 7.28. The average molecular weight is 396 g/mol. The van der Waals surface area contributed by atoms with E-state index in [1.807, 2.05) is 36.6 Å². The van der Waals surface area contributed by atoms with Crippen molar-refractivity contribution in [1.82, 2.24) is 4.68 Å². The first-order chi connectivity index (χ1) is 13.6. The zero-order valence-corrected chi connectivity index (χ0v) is 16.0. The number of ether oxygens (including phenoxy) is 2. The maximum atomic E-state index is 11.1. The van der Waals surface area contributed by atoms with Crippen LogP contribution in [0.4, 0.5) is 5.69 Å². The van der Waals surface area contributed by atoms with Crippen LogP contribution in [0.2, 0.25) is 0 Å². The molecule has 28 heavy (non-hydrogen) atoms. The van der Waals surface area contributed by atoms with E-state index in [0.29, 0.717) is 21.9 Å². The molecule has 8 nitrogen and oxygen atoms in total. The molecule has 0 aliphatic carbocycles. The topological polar surface area (TPSA) is 91.2 Å². The van der Waals surface area contributed by atoms with E-state index in [2.05, 4.69) is 4.99 Å². The summed E-state index contributed by atoms with van der Waals surface area (Å²) in [6.45, 7) is 2.10. The lowest BCUT2D eigenvalue weighted by molar-refractivity contribution is -0.384. The lowest BCUT2D eigenvalue weighted by Crippen LogP contribution is -2.13. The van der Waals surface area contributed by atoms with Gasteiger partial charge < -0.3 is 9.47 Å². The second-order valence-electron chi connectivity index (χ2n) is 6.00. The number of rotatable bonds is 4. The highest BCUT2D eigenvalue weighted by molar-refractivity contribution is 7.07. The minimum absolute atomic E-state index is 0.0294. The number of nitro groups is 1. The Hall–Kier alpha value is -3.46. The van der Waals surface area contributed by atoms with E-state index in [9.17, 15) is 10.1 Å². The molecule has 0 saturated carbocycles. The third-order valence-electron chi connectivity index (χ3n) is 4.27. The summed E-state index contributed by atoms with van der Waals surface area (Å²) in [4.78, 5) is 15.7. The molecule has 0 amide bonds. The van der Waals surface area contributed by atoms with Crippen molar-refractivity contribution in [3.8, 4) is 22.8 Å². The summed E-state index contributed by atoms with van der Waals surface area (Å²) in [5, 5.41) is 17.7. The second-order valence-corrected chi connectivity index (χ2v) is 6.84. The van der Waals surface area contributed by atoms with E-state index < -0.39 is 4.92 Å². The molecule has 0 bridgehead atoms. The van der Waals surface area contributed by atoms with Crippen molar-refractivity contribution in [1.29, 1.82) is 0 Å². The highest BCUT2D eigenvalue weighted by atomic mass is 32.1. The van der Waals surface area contributed by atoms with Crippen molar-refractivity contribution in [3.63, 3.8) is 0 Å². The van der Waals surface area contributed by atoms with Gasteiger partial charge >= 0.3 is 0 Å². The number of nitrogens with zero attached hydrogens (tertiary/aromatic N) is 4. The smallest absolute Gasteiger partial charge is 0.270 e. The Labute approximate surface area is 164 Å². The third-order valence-corrected chi connectivity index (χ3v) is 5.18. The standard InChI is InChI=1S/C19H16N4O4S/c1-12(13-6-7-17-18(9-13)27-11-26-17)21-22-16(10-28-19(22)20-2)14-4-3-5-15(8-14)23(24)25/h3-10H,11H2,1-2H3. The summed E-state index contributed by atoms with van der Waals surface area (Å²) in [6, 6.07) is 12.1. The number of fused-ring (bicyclic) bond motifs is 1. The zero-order chi connectivity index (χ0) is 19.7. The van der Waals surface area contributed by atoms with Gasteiger partial charge in [0.25, 0.3) is 5.69 Å². The van der Waals surface area contributed by atoms with E-state index in [-0.39, 0.29) is 12.5 Å². The Morgan fingerprint density at radius 3 is 2.82 bits per heavy atom. The van der Waals surface area contributed by atoms with Crippen molar-refractivity contribution in [2.45, 2.75) is 6.92 Å². The highest BCUT2D eigenvalue weighted by Crippen LogP contribution is 2.32. The molecule has 0 atom stereocenters. The van der Waals surface area contributed by atoms with Crippen LogP contribution in [0, 0.1) is 10.1 Å².